The van der Waals surface area contributed by atoms with Crippen LogP contribution in [0.1, 0.15) is 44.6 Å². The van der Waals surface area contributed by atoms with Crippen molar-refractivity contribution in [2.24, 2.45) is 5.73 Å². The first-order chi connectivity index (χ1) is 10.1. The van der Waals surface area contributed by atoms with Gasteiger partial charge < -0.3 is 15.8 Å². The Morgan fingerprint density at radius 2 is 2.14 bits per heavy atom. The van der Waals surface area contributed by atoms with Crippen LogP contribution in [-0.4, -0.2) is 25.6 Å². The summed E-state index contributed by atoms with van der Waals surface area (Å²) in [5.74, 6) is 0.622. The standard InChI is InChI=1S/C17H26N2O2/c1-3-15(16(18)20)19-12-17(9-4-5-10-17)13-7-6-8-14(11-13)21-2/h6-8,11,15,19H,3-5,9-10,12H2,1-2H3,(H2,18,20). The molecule has 1 aliphatic carbocycles. The fourth-order valence-corrected chi connectivity index (χ4v) is 3.34. The monoisotopic (exact) mass is 290 g/mol. The first kappa shape index (κ1) is 15.8. The van der Waals surface area contributed by atoms with E-state index < -0.39 is 0 Å². The molecule has 0 radical (unpaired) electrons. The average Bonchev–Trinajstić information content (AvgIpc) is 2.98. The summed E-state index contributed by atoms with van der Waals surface area (Å²) in [6.45, 7) is 2.77. The van der Waals surface area contributed by atoms with E-state index in [0.29, 0.717) is 0 Å². The Morgan fingerprint density at radius 1 is 1.43 bits per heavy atom. The Balaban J connectivity index is 2.18. The first-order valence-electron chi connectivity index (χ1n) is 7.78. The summed E-state index contributed by atoms with van der Waals surface area (Å²) in [5, 5.41) is 3.37. The highest BCUT2D eigenvalue weighted by atomic mass is 16.5. The van der Waals surface area contributed by atoms with Crippen LogP contribution in [0.5, 0.6) is 5.75 Å². The van der Waals surface area contributed by atoms with Crippen LogP contribution < -0.4 is 15.8 Å². The molecule has 1 saturated carbocycles. The van der Waals surface area contributed by atoms with Crippen molar-refractivity contribution in [2.45, 2.75) is 50.5 Å². The zero-order valence-electron chi connectivity index (χ0n) is 13.0. The molecule has 0 saturated heterocycles. The van der Waals surface area contributed by atoms with Crippen molar-refractivity contribution in [1.82, 2.24) is 5.32 Å². The van der Waals surface area contributed by atoms with Crippen LogP contribution in [0, 0.1) is 0 Å². The summed E-state index contributed by atoms with van der Waals surface area (Å²) in [6.07, 6.45) is 5.47. The minimum atomic E-state index is -0.267. The highest BCUT2D eigenvalue weighted by molar-refractivity contribution is 5.79. The Labute approximate surface area is 127 Å². The summed E-state index contributed by atoms with van der Waals surface area (Å²) in [5.41, 5.74) is 6.83. The molecule has 1 atom stereocenters. The number of primary amides is 1. The Morgan fingerprint density at radius 3 is 2.71 bits per heavy atom. The van der Waals surface area contributed by atoms with E-state index >= 15 is 0 Å². The van der Waals surface area contributed by atoms with Crippen LogP contribution in [0.25, 0.3) is 0 Å². The molecule has 2 rings (SSSR count). The smallest absolute Gasteiger partial charge is 0.234 e. The van der Waals surface area contributed by atoms with Gasteiger partial charge in [-0.05, 0) is 37.0 Å². The number of ether oxygens (including phenoxy) is 1. The fourth-order valence-electron chi connectivity index (χ4n) is 3.34. The van der Waals surface area contributed by atoms with Gasteiger partial charge in [-0.25, -0.2) is 0 Å². The molecule has 1 aromatic carbocycles. The molecule has 1 fully saturated rings. The molecule has 0 heterocycles. The topological polar surface area (TPSA) is 64.3 Å². The lowest BCUT2D eigenvalue weighted by molar-refractivity contribution is -0.120. The van der Waals surface area contributed by atoms with E-state index in [0.717, 1.165) is 31.6 Å². The van der Waals surface area contributed by atoms with E-state index in [4.69, 9.17) is 10.5 Å². The summed E-state index contributed by atoms with van der Waals surface area (Å²) in [7, 11) is 1.69. The third-order valence-electron chi connectivity index (χ3n) is 4.68. The van der Waals surface area contributed by atoms with E-state index in [1.165, 1.54) is 18.4 Å². The number of rotatable bonds is 7. The first-order valence-corrected chi connectivity index (χ1v) is 7.78. The second-order valence-electron chi connectivity index (χ2n) is 5.96. The van der Waals surface area contributed by atoms with Crippen molar-refractivity contribution in [3.63, 3.8) is 0 Å². The lowest BCUT2D eigenvalue weighted by atomic mass is 9.78. The van der Waals surface area contributed by atoms with Crippen LogP contribution in [0.2, 0.25) is 0 Å². The van der Waals surface area contributed by atoms with Crippen LogP contribution in [0.4, 0.5) is 0 Å². The normalized spacial score (nSPS) is 18.4. The van der Waals surface area contributed by atoms with Gasteiger partial charge in [-0.3, -0.25) is 4.79 Å². The largest absolute Gasteiger partial charge is 0.497 e. The maximum absolute atomic E-state index is 11.4. The van der Waals surface area contributed by atoms with Crippen molar-refractivity contribution >= 4 is 5.91 Å². The van der Waals surface area contributed by atoms with Gasteiger partial charge in [0.1, 0.15) is 5.75 Å². The second kappa shape index (κ2) is 6.94. The molecule has 4 nitrogen and oxygen atoms in total. The molecule has 1 amide bonds. The predicted octanol–water partition coefficient (Wildman–Crippen LogP) is 2.36. The van der Waals surface area contributed by atoms with Crippen molar-refractivity contribution in [3.8, 4) is 5.75 Å². The molecule has 0 spiro atoms. The highest BCUT2D eigenvalue weighted by Crippen LogP contribution is 2.41. The maximum Gasteiger partial charge on any atom is 0.234 e. The van der Waals surface area contributed by atoms with E-state index in [-0.39, 0.29) is 17.4 Å². The van der Waals surface area contributed by atoms with Gasteiger partial charge in [0.15, 0.2) is 0 Å². The van der Waals surface area contributed by atoms with Gasteiger partial charge in [0.25, 0.3) is 0 Å². The van der Waals surface area contributed by atoms with Gasteiger partial charge in [0.05, 0.1) is 13.2 Å². The van der Waals surface area contributed by atoms with Crippen molar-refractivity contribution in [3.05, 3.63) is 29.8 Å². The number of nitrogens with one attached hydrogen (secondary N) is 1. The van der Waals surface area contributed by atoms with Crippen molar-refractivity contribution in [2.75, 3.05) is 13.7 Å². The van der Waals surface area contributed by atoms with E-state index in [2.05, 4.69) is 17.4 Å². The SMILES string of the molecule is CCC(NCC1(c2cccc(OC)c2)CCCC1)C(N)=O. The average molecular weight is 290 g/mol. The van der Waals surface area contributed by atoms with Gasteiger partial charge in [-0.2, -0.15) is 0 Å². The molecule has 1 aliphatic rings. The van der Waals surface area contributed by atoms with E-state index in [1.54, 1.807) is 7.11 Å². The van der Waals surface area contributed by atoms with Gasteiger partial charge in [-0.1, -0.05) is 31.9 Å². The lowest BCUT2D eigenvalue weighted by Gasteiger charge is -2.32. The Bertz CT molecular complexity index is 481. The van der Waals surface area contributed by atoms with Gasteiger partial charge in [-0.15, -0.1) is 0 Å². The van der Waals surface area contributed by atoms with Crippen LogP contribution in [-0.2, 0) is 10.2 Å². The van der Waals surface area contributed by atoms with Crippen LogP contribution in [0.3, 0.4) is 0 Å². The van der Waals surface area contributed by atoms with Gasteiger partial charge in [0, 0.05) is 12.0 Å². The zero-order chi connectivity index (χ0) is 15.3. The molecule has 4 heteroatoms. The highest BCUT2D eigenvalue weighted by Gasteiger charge is 2.36. The number of nitrogens with two attached hydrogens (primary N) is 1. The minimum Gasteiger partial charge on any atom is -0.497 e. The number of hydrogen-bond donors (Lipinski definition) is 2. The van der Waals surface area contributed by atoms with Gasteiger partial charge in [0.2, 0.25) is 5.91 Å². The van der Waals surface area contributed by atoms with Crippen molar-refractivity contribution < 1.29 is 9.53 Å². The molecule has 1 aromatic rings. The van der Waals surface area contributed by atoms with E-state index in [1.807, 2.05) is 19.1 Å². The molecule has 21 heavy (non-hydrogen) atoms. The number of carbonyl (C=O) groups excluding carboxylic acids is 1. The van der Waals surface area contributed by atoms with Crippen molar-refractivity contribution in [1.29, 1.82) is 0 Å². The quantitative estimate of drug-likeness (QED) is 0.810. The third kappa shape index (κ3) is 3.56. The van der Waals surface area contributed by atoms with Crippen LogP contribution in [0.15, 0.2) is 24.3 Å². The number of hydrogen-bond acceptors (Lipinski definition) is 3. The maximum atomic E-state index is 11.4. The summed E-state index contributed by atoms with van der Waals surface area (Å²) in [6, 6.07) is 8.06. The fraction of sp³-hybridized carbons (Fsp3) is 0.588. The molecule has 1 unspecified atom stereocenters. The summed E-state index contributed by atoms with van der Waals surface area (Å²) in [4.78, 5) is 11.4. The zero-order valence-corrected chi connectivity index (χ0v) is 13.0. The number of benzene rings is 1. The molecule has 3 N–H and O–H groups in total. The molecule has 0 bridgehead atoms. The minimum absolute atomic E-state index is 0.0947. The van der Waals surface area contributed by atoms with Crippen LogP contribution >= 0.6 is 0 Å². The second-order valence-corrected chi connectivity index (χ2v) is 5.96. The molecular weight excluding hydrogens is 264 g/mol. The predicted molar refractivity (Wildman–Crippen MR) is 84.4 cm³/mol. The molecule has 116 valence electrons. The Hall–Kier alpha value is -1.55. The number of amides is 1. The summed E-state index contributed by atoms with van der Waals surface area (Å²) >= 11 is 0. The number of carbonyl (C=O) groups is 1. The third-order valence-corrected chi connectivity index (χ3v) is 4.68. The molecular formula is C17H26N2O2. The summed E-state index contributed by atoms with van der Waals surface area (Å²) < 4.78 is 5.35. The number of methoxy groups -OCH3 is 1. The molecule has 0 aromatic heterocycles. The van der Waals surface area contributed by atoms with Gasteiger partial charge >= 0.3 is 0 Å². The Kier molecular flexibility index (Phi) is 5.23. The van der Waals surface area contributed by atoms with E-state index in [9.17, 15) is 4.79 Å². The lowest BCUT2D eigenvalue weighted by Crippen LogP contribution is -2.46. The molecule has 0 aliphatic heterocycles.